The fraction of sp³-hybridized carbons (Fsp3) is 0.143. The molecule has 6 nitrogen and oxygen atoms in total. The van der Waals surface area contributed by atoms with Crippen molar-refractivity contribution in [2.45, 2.75) is 11.3 Å². The van der Waals surface area contributed by atoms with E-state index in [9.17, 15) is 31.7 Å². The van der Waals surface area contributed by atoms with E-state index in [4.69, 9.17) is 10.7 Å². The first-order valence-corrected chi connectivity index (χ1v) is 7.21. The first-order chi connectivity index (χ1) is 8.43. The van der Waals surface area contributed by atoms with Gasteiger partial charge in [0.05, 0.1) is 4.92 Å². The standard InChI is InChI=1S/C7H2BrClF3NO5S/c8-5-3(13(14)15)1-2-4(18-7(10,11)12)6(5)19(9,16)17/h1-2H. The summed E-state index contributed by atoms with van der Waals surface area (Å²) in [5.41, 5.74) is -0.770. The van der Waals surface area contributed by atoms with Gasteiger partial charge in [-0.2, -0.15) is 0 Å². The van der Waals surface area contributed by atoms with Crippen LogP contribution in [0.4, 0.5) is 18.9 Å². The smallest absolute Gasteiger partial charge is 0.404 e. The topological polar surface area (TPSA) is 86.5 Å². The number of nitrogens with zero attached hydrogens (tertiary/aromatic N) is 1. The highest BCUT2D eigenvalue weighted by atomic mass is 79.9. The van der Waals surface area contributed by atoms with E-state index in [0.717, 1.165) is 0 Å². The Morgan fingerprint density at radius 1 is 1.37 bits per heavy atom. The second-order valence-corrected chi connectivity index (χ2v) is 6.26. The number of nitro benzene ring substituents is 1. The third-order valence-corrected chi connectivity index (χ3v) is 4.13. The van der Waals surface area contributed by atoms with Crippen LogP contribution < -0.4 is 4.74 Å². The molecular formula is C7H2BrClF3NO5S. The molecule has 12 heteroatoms. The maximum absolute atomic E-state index is 12.1. The highest BCUT2D eigenvalue weighted by Crippen LogP contribution is 2.41. The Morgan fingerprint density at radius 2 is 1.89 bits per heavy atom. The predicted octanol–water partition coefficient (Wildman–Crippen LogP) is 3.18. The van der Waals surface area contributed by atoms with Crippen molar-refractivity contribution >= 4 is 41.4 Å². The zero-order chi connectivity index (χ0) is 15.0. The van der Waals surface area contributed by atoms with E-state index in [1.807, 2.05) is 0 Å². The minimum absolute atomic E-state index is 0.492. The Kier molecular flexibility index (Phi) is 4.32. The molecule has 106 valence electrons. The van der Waals surface area contributed by atoms with E-state index in [1.54, 1.807) is 0 Å². The van der Waals surface area contributed by atoms with Crippen LogP contribution in [0.3, 0.4) is 0 Å². The van der Waals surface area contributed by atoms with E-state index in [-0.39, 0.29) is 0 Å². The summed E-state index contributed by atoms with van der Waals surface area (Å²) in [4.78, 5) is 8.41. The van der Waals surface area contributed by atoms with Crippen LogP contribution in [-0.2, 0) is 9.05 Å². The molecule has 0 aliphatic carbocycles. The molecule has 0 aliphatic heterocycles. The number of hydrogen-bond acceptors (Lipinski definition) is 5. The highest BCUT2D eigenvalue weighted by molar-refractivity contribution is 9.10. The molecule has 0 heterocycles. The van der Waals surface area contributed by atoms with Crippen LogP contribution in [-0.4, -0.2) is 19.7 Å². The van der Waals surface area contributed by atoms with Crippen molar-refractivity contribution in [2.75, 3.05) is 0 Å². The number of halogens is 5. The summed E-state index contributed by atoms with van der Waals surface area (Å²) >= 11 is 2.52. The SMILES string of the molecule is O=[N+]([O-])c1ccc(OC(F)(F)F)c(S(=O)(=O)Cl)c1Br. The highest BCUT2D eigenvalue weighted by Gasteiger charge is 2.36. The Bertz CT molecular complexity index is 632. The minimum atomic E-state index is -5.17. The normalized spacial score (nSPS) is 12.3. The molecule has 1 aromatic carbocycles. The molecule has 0 saturated carbocycles. The molecule has 0 aliphatic rings. The first-order valence-electron chi connectivity index (χ1n) is 4.11. The van der Waals surface area contributed by atoms with E-state index in [1.165, 1.54) is 0 Å². The van der Waals surface area contributed by atoms with Gasteiger partial charge in [0.1, 0.15) is 9.37 Å². The molecule has 0 atom stereocenters. The van der Waals surface area contributed by atoms with E-state index in [2.05, 4.69) is 20.7 Å². The average Bonchev–Trinajstić information content (AvgIpc) is 2.11. The van der Waals surface area contributed by atoms with Crippen molar-refractivity contribution in [1.29, 1.82) is 0 Å². The van der Waals surface area contributed by atoms with Crippen molar-refractivity contribution < 1.29 is 31.2 Å². The van der Waals surface area contributed by atoms with Crippen LogP contribution in [0.5, 0.6) is 5.75 Å². The van der Waals surface area contributed by atoms with Crippen molar-refractivity contribution in [3.05, 3.63) is 26.7 Å². The van der Waals surface area contributed by atoms with Crippen molar-refractivity contribution in [3.8, 4) is 5.75 Å². The number of nitro groups is 1. The van der Waals surface area contributed by atoms with Gasteiger partial charge in [0, 0.05) is 16.7 Å². The third kappa shape index (κ3) is 3.94. The zero-order valence-electron chi connectivity index (χ0n) is 8.44. The third-order valence-electron chi connectivity index (χ3n) is 1.71. The molecule has 0 radical (unpaired) electrons. The number of hydrogen-bond donors (Lipinski definition) is 0. The van der Waals surface area contributed by atoms with Gasteiger partial charge in [-0.3, -0.25) is 10.1 Å². The second-order valence-electron chi connectivity index (χ2n) is 2.97. The van der Waals surface area contributed by atoms with Gasteiger partial charge in [-0.1, -0.05) is 0 Å². The first kappa shape index (κ1) is 16.0. The average molecular weight is 385 g/mol. The molecule has 0 saturated heterocycles. The molecule has 0 unspecified atom stereocenters. The number of ether oxygens (including phenoxy) is 1. The van der Waals surface area contributed by atoms with E-state index in [0.29, 0.717) is 12.1 Å². The van der Waals surface area contributed by atoms with Gasteiger partial charge in [-0.15, -0.1) is 13.2 Å². The summed E-state index contributed by atoms with van der Waals surface area (Å²) in [6.07, 6.45) is -5.17. The van der Waals surface area contributed by atoms with Crippen molar-refractivity contribution in [2.24, 2.45) is 0 Å². The molecule has 0 spiro atoms. The minimum Gasteiger partial charge on any atom is -0.404 e. The van der Waals surface area contributed by atoms with Gasteiger partial charge in [-0.25, -0.2) is 8.42 Å². The monoisotopic (exact) mass is 383 g/mol. The molecule has 0 amide bonds. The fourth-order valence-corrected chi connectivity index (χ4v) is 3.62. The number of benzene rings is 1. The Hall–Kier alpha value is -1.07. The van der Waals surface area contributed by atoms with Gasteiger partial charge in [0.15, 0.2) is 5.75 Å². The summed E-state index contributed by atoms with van der Waals surface area (Å²) in [5.74, 6) is -1.17. The lowest BCUT2D eigenvalue weighted by Crippen LogP contribution is -2.18. The number of rotatable bonds is 3. The molecule has 0 N–H and O–H groups in total. The van der Waals surface area contributed by atoms with Crippen LogP contribution in [0.15, 0.2) is 21.5 Å². The fourth-order valence-electron chi connectivity index (χ4n) is 1.10. The summed E-state index contributed by atoms with van der Waals surface area (Å²) < 4.78 is 61.4. The molecule has 0 bridgehead atoms. The molecule has 1 aromatic rings. The molecule has 0 fully saturated rings. The summed E-state index contributed by atoms with van der Waals surface area (Å²) in [6.45, 7) is 0. The second kappa shape index (κ2) is 5.13. The largest absolute Gasteiger partial charge is 0.573 e. The Morgan fingerprint density at radius 3 is 2.26 bits per heavy atom. The summed E-state index contributed by atoms with van der Waals surface area (Å²) in [7, 11) is 0.250. The molecule has 0 aromatic heterocycles. The lowest BCUT2D eigenvalue weighted by atomic mass is 10.3. The molecule has 19 heavy (non-hydrogen) atoms. The van der Waals surface area contributed by atoms with Crippen LogP contribution >= 0.6 is 26.6 Å². The van der Waals surface area contributed by atoms with Crippen LogP contribution in [0.1, 0.15) is 0 Å². The lowest BCUT2D eigenvalue weighted by Gasteiger charge is -2.12. The van der Waals surface area contributed by atoms with Gasteiger partial charge in [0.25, 0.3) is 14.7 Å². The quantitative estimate of drug-likeness (QED) is 0.454. The maximum atomic E-state index is 12.1. The van der Waals surface area contributed by atoms with Crippen molar-refractivity contribution in [3.63, 3.8) is 0 Å². The van der Waals surface area contributed by atoms with E-state index >= 15 is 0 Å². The van der Waals surface area contributed by atoms with Gasteiger partial charge < -0.3 is 4.74 Å². The van der Waals surface area contributed by atoms with E-state index < -0.39 is 41.1 Å². The van der Waals surface area contributed by atoms with Gasteiger partial charge >= 0.3 is 6.36 Å². The Labute approximate surface area is 116 Å². The zero-order valence-corrected chi connectivity index (χ0v) is 11.6. The number of alkyl halides is 3. The van der Waals surface area contributed by atoms with Crippen LogP contribution in [0.25, 0.3) is 0 Å². The Balaban J connectivity index is 3.59. The van der Waals surface area contributed by atoms with Gasteiger partial charge in [-0.05, 0) is 22.0 Å². The summed E-state index contributed by atoms with van der Waals surface area (Å²) in [5, 5.41) is 10.6. The maximum Gasteiger partial charge on any atom is 0.573 e. The predicted molar refractivity (Wildman–Crippen MR) is 60.5 cm³/mol. The summed E-state index contributed by atoms with van der Waals surface area (Å²) in [6, 6.07) is 1.14. The van der Waals surface area contributed by atoms with Crippen LogP contribution in [0.2, 0.25) is 0 Å². The van der Waals surface area contributed by atoms with Gasteiger partial charge in [0.2, 0.25) is 0 Å². The van der Waals surface area contributed by atoms with Crippen molar-refractivity contribution in [1.82, 2.24) is 0 Å². The molecular weight excluding hydrogens is 382 g/mol. The lowest BCUT2D eigenvalue weighted by molar-refractivity contribution is -0.386. The van der Waals surface area contributed by atoms with Crippen LogP contribution in [0, 0.1) is 10.1 Å². The molecule has 1 rings (SSSR count).